The third-order valence-electron chi connectivity index (χ3n) is 3.59. The van der Waals surface area contributed by atoms with Gasteiger partial charge in [-0.1, -0.05) is 6.42 Å². The maximum absolute atomic E-state index is 5.70. The summed E-state index contributed by atoms with van der Waals surface area (Å²) in [4.78, 5) is 7.03. The lowest BCUT2D eigenvalue weighted by Gasteiger charge is -2.37. The van der Waals surface area contributed by atoms with E-state index in [0.717, 1.165) is 30.2 Å². The van der Waals surface area contributed by atoms with Gasteiger partial charge in [-0.15, -0.1) is 0 Å². The Hall–Kier alpha value is -1.13. The molecule has 18 heavy (non-hydrogen) atoms. The van der Waals surface area contributed by atoms with Crippen LogP contribution in [0.2, 0.25) is 0 Å². The van der Waals surface area contributed by atoms with Gasteiger partial charge in [0.1, 0.15) is 5.75 Å². The smallest absolute Gasteiger partial charge is 0.122 e. The van der Waals surface area contributed by atoms with Crippen LogP contribution in [0.1, 0.15) is 30.7 Å². The van der Waals surface area contributed by atoms with Crippen molar-refractivity contribution >= 4 is 0 Å². The lowest BCUT2D eigenvalue weighted by molar-refractivity contribution is 0.121. The lowest BCUT2D eigenvalue weighted by Crippen LogP contribution is -2.42. The van der Waals surface area contributed by atoms with Crippen LogP contribution in [-0.4, -0.2) is 36.1 Å². The molecule has 1 aliphatic rings. The second kappa shape index (κ2) is 6.16. The van der Waals surface area contributed by atoms with Gasteiger partial charge in [0.05, 0.1) is 12.8 Å². The minimum absolute atomic E-state index is 0.696. The number of hydrogen-bond donors (Lipinski definition) is 1. The monoisotopic (exact) mass is 249 g/mol. The number of methoxy groups -OCH3 is 1. The molecule has 2 N–H and O–H groups in total. The summed E-state index contributed by atoms with van der Waals surface area (Å²) in [6.07, 6.45) is 3.93. The van der Waals surface area contributed by atoms with Crippen LogP contribution in [0, 0.1) is 6.92 Å². The Balaban J connectivity index is 2.07. The third-order valence-corrected chi connectivity index (χ3v) is 3.59. The first-order valence-corrected chi connectivity index (χ1v) is 6.68. The van der Waals surface area contributed by atoms with Crippen molar-refractivity contribution in [2.24, 2.45) is 5.73 Å². The van der Waals surface area contributed by atoms with Crippen LogP contribution < -0.4 is 10.5 Å². The number of hydrogen-bond acceptors (Lipinski definition) is 4. The van der Waals surface area contributed by atoms with Crippen LogP contribution in [0.25, 0.3) is 0 Å². The first kappa shape index (κ1) is 13.3. The van der Waals surface area contributed by atoms with Crippen molar-refractivity contribution in [1.29, 1.82) is 0 Å². The molecule has 0 bridgehead atoms. The molecule has 0 radical (unpaired) electrons. The number of pyridine rings is 1. The number of ether oxygens (including phenoxy) is 1. The summed E-state index contributed by atoms with van der Waals surface area (Å²) < 4.78 is 5.29. The Morgan fingerprint density at radius 1 is 1.44 bits per heavy atom. The molecule has 0 unspecified atom stereocenters. The second-order valence-electron chi connectivity index (χ2n) is 4.98. The molecule has 0 saturated heterocycles. The van der Waals surface area contributed by atoms with Crippen molar-refractivity contribution in [1.82, 2.24) is 9.88 Å². The van der Waals surface area contributed by atoms with E-state index in [1.54, 1.807) is 7.11 Å². The maximum atomic E-state index is 5.70. The van der Waals surface area contributed by atoms with Crippen molar-refractivity contribution in [3.8, 4) is 5.75 Å². The van der Waals surface area contributed by atoms with Crippen LogP contribution in [0.5, 0.6) is 5.75 Å². The van der Waals surface area contributed by atoms with Gasteiger partial charge in [0.2, 0.25) is 0 Å². The molecule has 0 atom stereocenters. The molecule has 2 rings (SSSR count). The van der Waals surface area contributed by atoms with E-state index in [4.69, 9.17) is 10.5 Å². The molecule has 1 fully saturated rings. The maximum Gasteiger partial charge on any atom is 0.122 e. The van der Waals surface area contributed by atoms with Crippen LogP contribution in [0.3, 0.4) is 0 Å². The predicted molar refractivity (Wildman–Crippen MR) is 72.6 cm³/mol. The zero-order chi connectivity index (χ0) is 13.0. The largest absolute Gasteiger partial charge is 0.497 e. The van der Waals surface area contributed by atoms with E-state index in [-0.39, 0.29) is 0 Å². The van der Waals surface area contributed by atoms with E-state index < -0.39 is 0 Å². The second-order valence-corrected chi connectivity index (χ2v) is 4.98. The Morgan fingerprint density at radius 2 is 2.22 bits per heavy atom. The number of rotatable bonds is 6. The Kier molecular flexibility index (Phi) is 4.55. The predicted octanol–water partition coefficient (Wildman–Crippen LogP) is 1.71. The summed E-state index contributed by atoms with van der Waals surface area (Å²) in [5.41, 5.74) is 7.78. The number of aromatic nitrogens is 1. The first-order chi connectivity index (χ1) is 8.72. The minimum Gasteiger partial charge on any atom is -0.497 e. The summed E-state index contributed by atoms with van der Waals surface area (Å²) >= 11 is 0. The van der Waals surface area contributed by atoms with Crippen molar-refractivity contribution in [2.75, 3.05) is 20.2 Å². The number of nitrogens with zero attached hydrogens (tertiary/aromatic N) is 2. The highest BCUT2D eigenvalue weighted by molar-refractivity contribution is 5.26. The van der Waals surface area contributed by atoms with Crippen molar-refractivity contribution in [2.45, 2.75) is 38.8 Å². The first-order valence-electron chi connectivity index (χ1n) is 6.68. The average molecular weight is 249 g/mol. The Labute approximate surface area is 109 Å². The molecule has 0 spiro atoms. The third kappa shape index (κ3) is 3.21. The van der Waals surface area contributed by atoms with E-state index in [0.29, 0.717) is 12.6 Å². The highest BCUT2D eigenvalue weighted by Gasteiger charge is 2.24. The Morgan fingerprint density at radius 3 is 2.78 bits per heavy atom. The summed E-state index contributed by atoms with van der Waals surface area (Å²) in [6, 6.07) is 4.68. The molecule has 100 valence electrons. The van der Waals surface area contributed by atoms with Gasteiger partial charge in [-0.3, -0.25) is 9.88 Å². The van der Waals surface area contributed by atoms with Crippen molar-refractivity contribution in [3.63, 3.8) is 0 Å². The molecule has 1 aromatic heterocycles. The quantitative estimate of drug-likeness (QED) is 0.834. The molecule has 0 aromatic carbocycles. The molecule has 1 aromatic rings. The van der Waals surface area contributed by atoms with Gasteiger partial charge in [0, 0.05) is 43.5 Å². The normalized spacial score (nSPS) is 15.8. The number of aryl methyl sites for hydroxylation is 1. The SMILES string of the molecule is COc1cc(C)nc(CN(CCN)C2CCC2)c1. The molecule has 1 saturated carbocycles. The van der Waals surface area contributed by atoms with E-state index in [9.17, 15) is 0 Å². The van der Waals surface area contributed by atoms with Gasteiger partial charge in [-0.25, -0.2) is 0 Å². The van der Waals surface area contributed by atoms with Crippen LogP contribution in [-0.2, 0) is 6.54 Å². The van der Waals surface area contributed by atoms with Gasteiger partial charge < -0.3 is 10.5 Å². The van der Waals surface area contributed by atoms with E-state index in [2.05, 4.69) is 9.88 Å². The van der Waals surface area contributed by atoms with Crippen molar-refractivity contribution < 1.29 is 4.74 Å². The fourth-order valence-corrected chi connectivity index (χ4v) is 2.42. The summed E-state index contributed by atoms with van der Waals surface area (Å²) in [6.45, 7) is 4.53. The zero-order valence-corrected chi connectivity index (χ0v) is 11.4. The molecule has 0 aliphatic heterocycles. The van der Waals surface area contributed by atoms with Gasteiger partial charge in [-0.2, -0.15) is 0 Å². The molecule has 1 aliphatic carbocycles. The van der Waals surface area contributed by atoms with Crippen LogP contribution in [0.4, 0.5) is 0 Å². The fraction of sp³-hybridized carbons (Fsp3) is 0.643. The van der Waals surface area contributed by atoms with Gasteiger partial charge >= 0.3 is 0 Å². The van der Waals surface area contributed by atoms with E-state index >= 15 is 0 Å². The Bertz CT molecular complexity index is 391. The summed E-state index contributed by atoms with van der Waals surface area (Å²) in [7, 11) is 1.70. The van der Waals surface area contributed by atoms with Gasteiger partial charge in [-0.05, 0) is 19.8 Å². The van der Waals surface area contributed by atoms with Gasteiger partial charge in [0.25, 0.3) is 0 Å². The van der Waals surface area contributed by atoms with E-state index in [1.807, 2.05) is 19.1 Å². The van der Waals surface area contributed by atoms with Crippen LogP contribution in [0.15, 0.2) is 12.1 Å². The summed E-state index contributed by atoms with van der Waals surface area (Å²) in [5, 5.41) is 0. The number of nitrogens with two attached hydrogens (primary N) is 1. The van der Waals surface area contributed by atoms with Crippen LogP contribution >= 0.6 is 0 Å². The van der Waals surface area contributed by atoms with Crippen molar-refractivity contribution in [3.05, 3.63) is 23.5 Å². The highest BCUT2D eigenvalue weighted by atomic mass is 16.5. The molecular weight excluding hydrogens is 226 g/mol. The lowest BCUT2D eigenvalue weighted by atomic mass is 9.91. The molecule has 0 amide bonds. The molecule has 4 heteroatoms. The van der Waals surface area contributed by atoms with E-state index in [1.165, 1.54) is 19.3 Å². The standard InChI is InChI=1S/C14H23N3O/c1-11-8-14(18-2)9-12(16-11)10-17(7-6-15)13-4-3-5-13/h8-9,13H,3-7,10,15H2,1-2H3. The average Bonchev–Trinajstić information content (AvgIpc) is 2.26. The zero-order valence-electron chi connectivity index (χ0n) is 11.4. The topological polar surface area (TPSA) is 51.4 Å². The molecular formula is C14H23N3O. The molecule has 1 heterocycles. The minimum atomic E-state index is 0.696. The molecule has 4 nitrogen and oxygen atoms in total. The fourth-order valence-electron chi connectivity index (χ4n) is 2.42. The summed E-state index contributed by atoms with van der Waals surface area (Å²) in [5.74, 6) is 0.888. The van der Waals surface area contributed by atoms with Gasteiger partial charge in [0.15, 0.2) is 0 Å². The highest BCUT2D eigenvalue weighted by Crippen LogP contribution is 2.26.